The van der Waals surface area contributed by atoms with Crippen LogP contribution in [0.3, 0.4) is 0 Å². The third-order valence-corrected chi connectivity index (χ3v) is 3.24. The number of aromatic nitrogens is 2. The van der Waals surface area contributed by atoms with Crippen molar-refractivity contribution in [2.75, 3.05) is 30.3 Å². The number of nitrogens with two attached hydrogens (primary N) is 1. The number of hydrogen-bond donors (Lipinski definition) is 2. The SMILES string of the molecule is CCCc1nc(N)c(C)c(N2CCCNC(=O)C2)n1. The number of amides is 1. The molecule has 2 heterocycles. The van der Waals surface area contributed by atoms with Crippen LogP contribution >= 0.6 is 0 Å². The number of anilines is 2. The normalized spacial score (nSPS) is 16.1. The average molecular weight is 263 g/mol. The molecule has 0 atom stereocenters. The summed E-state index contributed by atoms with van der Waals surface area (Å²) in [5.41, 5.74) is 6.81. The van der Waals surface area contributed by atoms with Gasteiger partial charge in [0.25, 0.3) is 0 Å². The monoisotopic (exact) mass is 263 g/mol. The topological polar surface area (TPSA) is 84.1 Å². The van der Waals surface area contributed by atoms with E-state index in [0.29, 0.717) is 12.4 Å². The number of aryl methyl sites for hydroxylation is 1. The fraction of sp³-hybridized carbons (Fsp3) is 0.615. The van der Waals surface area contributed by atoms with Gasteiger partial charge in [0.1, 0.15) is 17.5 Å². The van der Waals surface area contributed by atoms with Gasteiger partial charge in [0.15, 0.2) is 0 Å². The van der Waals surface area contributed by atoms with Gasteiger partial charge >= 0.3 is 0 Å². The smallest absolute Gasteiger partial charge is 0.239 e. The van der Waals surface area contributed by atoms with Crippen molar-refractivity contribution in [3.8, 4) is 0 Å². The lowest BCUT2D eigenvalue weighted by Crippen LogP contribution is -2.34. The van der Waals surface area contributed by atoms with Gasteiger partial charge in [-0.25, -0.2) is 9.97 Å². The number of rotatable bonds is 3. The molecule has 1 aromatic rings. The Hall–Kier alpha value is -1.85. The molecule has 19 heavy (non-hydrogen) atoms. The molecule has 1 aromatic heterocycles. The van der Waals surface area contributed by atoms with E-state index in [2.05, 4.69) is 22.2 Å². The van der Waals surface area contributed by atoms with E-state index in [-0.39, 0.29) is 5.91 Å². The maximum atomic E-state index is 11.6. The van der Waals surface area contributed by atoms with Gasteiger partial charge in [-0.1, -0.05) is 6.92 Å². The van der Waals surface area contributed by atoms with E-state index in [9.17, 15) is 4.79 Å². The van der Waals surface area contributed by atoms with Crippen molar-refractivity contribution in [1.82, 2.24) is 15.3 Å². The maximum Gasteiger partial charge on any atom is 0.239 e. The molecule has 1 aliphatic rings. The summed E-state index contributed by atoms with van der Waals surface area (Å²) in [6.07, 6.45) is 2.69. The highest BCUT2D eigenvalue weighted by molar-refractivity contribution is 5.81. The van der Waals surface area contributed by atoms with Crippen LogP contribution in [-0.2, 0) is 11.2 Å². The molecule has 6 nitrogen and oxygen atoms in total. The van der Waals surface area contributed by atoms with Crippen molar-refractivity contribution in [1.29, 1.82) is 0 Å². The third kappa shape index (κ3) is 3.13. The van der Waals surface area contributed by atoms with Crippen molar-refractivity contribution >= 4 is 17.5 Å². The van der Waals surface area contributed by atoms with Crippen molar-refractivity contribution in [3.63, 3.8) is 0 Å². The molecule has 0 saturated carbocycles. The van der Waals surface area contributed by atoms with Gasteiger partial charge in [0.2, 0.25) is 5.91 Å². The number of nitrogens with zero attached hydrogens (tertiary/aromatic N) is 3. The van der Waals surface area contributed by atoms with Gasteiger partial charge < -0.3 is 16.0 Å². The molecule has 2 rings (SSSR count). The molecule has 1 amide bonds. The highest BCUT2D eigenvalue weighted by Crippen LogP contribution is 2.22. The number of nitrogen functional groups attached to an aromatic ring is 1. The Morgan fingerprint density at radius 3 is 2.95 bits per heavy atom. The van der Waals surface area contributed by atoms with E-state index in [1.165, 1.54) is 0 Å². The molecule has 0 bridgehead atoms. The van der Waals surface area contributed by atoms with E-state index in [4.69, 9.17) is 5.73 Å². The first kappa shape index (κ1) is 13.6. The lowest BCUT2D eigenvalue weighted by molar-refractivity contribution is -0.119. The van der Waals surface area contributed by atoms with Crippen LogP contribution in [0.5, 0.6) is 0 Å². The molecule has 6 heteroatoms. The van der Waals surface area contributed by atoms with Gasteiger partial charge in [0.05, 0.1) is 6.54 Å². The molecule has 1 fully saturated rings. The van der Waals surface area contributed by atoms with E-state index in [1.807, 2.05) is 11.8 Å². The number of hydrogen-bond acceptors (Lipinski definition) is 5. The zero-order valence-electron chi connectivity index (χ0n) is 11.6. The quantitative estimate of drug-likeness (QED) is 0.836. The summed E-state index contributed by atoms with van der Waals surface area (Å²) in [6.45, 7) is 5.85. The fourth-order valence-corrected chi connectivity index (χ4v) is 2.20. The minimum atomic E-state index is 0.0334. The van der Waals surface area contributed by atoms with E-state index in [0.717, 1.165) is 49.6 Å². The predicted molar refractivity (Wildman–Crippen MR) is 75.0 cm³/mol. The Bertz CT molecular complexity index is 474. The molecule has 3 N–H and O–H groups in total. The summed E-state index contributed by atoms with van der Waals surface area (Å²) in [4.78, 5) is 22.5. The van der Waals surface area contributed by atoms with Crippen LogP contribution in [0.15, 0.2) is 0 Å². The van der Waals surface area contributed by atoms with Gasteiger partial charge in [-0.15, -0.1) is 0 Å². The highest BCUT2D eigenvalue weighted by Gasteiger charge is 2.20. The van der Waals surface area contributed by atoms with Crippen LogP contribution in [0, 0.1) is 6.92 Å². The third-order valence-electron chi connectivity index (χ3n) is 3.24. The number of carbonyl (C=O) groups excluding carboxylic acids is 1. The largest absolute Gasteiger partial charge is 0.383 e. The Labute approximate surface area is 113 Å². The minimum absolute atomic E-state index is 0.0334. The molecule has 1 saturated heterocycles. The second-order valence-electron chi connectivity index (χ2n) is 4.85. The second-order valence-corrected chi connectivity index (χ2v) is 4.85. The Morgan fingerprint density at radius 1 is 1.42 bits per heavy atom. The van der Waals surface area contributed by atoms with Gasteiger partial charge in [-0.3, -0.25) is 4.79 Å². The summed E-state index contributed by atoms with van der Waals surface area (Å²) in [7, 11) is 0. The Morgan fingerprint density at radius 2 is 2.21 bits per heavy atom. The number of carbonyl (C=O) groups is 1. The van der Waals surface area contributed by atoms with Gasteiger partial charge in [-0.05, 0) is 19.8 Å². The van der Waals surface area contributed by atoms with Gasteiger partial charge in [-0.2, -0.15) is 0 Å². The number of nitrogens with one attached hydrogen (secondary N) is 1. The van der Waals surface area contributed by atoms with E-state index >= 15 is 0 Å². The van der Waals surface area contributed by atoms with Crippen molar-refractivity contribution in [2.24, 2.45) is 0 Å². The predicted octanol–water partition coefficient (Wildman–Crippen LogP) is 0.646. The van der Waals surface area contributed by atoms with Crippen LogP contribution in [0.1, 0.15) is 31.2 Å². The molecule has 0 unspecified atom stereocenters. The summed E-state index contributed by atoms with van der Waals surface area (Å²) in [6, 6.07) is 0. The second kappa shape index (κ2) is 5.86. The van der Waals surface area contributed by atoms with Crippen LogP contribution in [-0.4, -0.2) is 35.5 Å². The summed E-state index contributed by atoms with van der Waals surface area (Å²) >= 11 is 0. The van der Waals surface area contributed by atoms with Crippen molar-refractivity contribution in [3.05, 3.63) is 11.4 Å². The molecule has 0 aromatic carbocycles. The standard InChI is InChI=1S/C13H21N5O/c1-3-5-10-16-12(14)9(2)13(17-10)18-7-4-6-15-11(19)8-18/h3-8H2,1-2H3,(H,15,19)(H2,14,16,17). The Kier molecular flexibility index (Phi) is 4.19. The molecule has 0 aliphatic carbocycles. The molecule has 0 spiro atoms. The molecule has 1 aliphatic heterocycles. The summed E-state index contributed by atoms with van der Waals surface area (Å²) in [5, 5.41) is 2.86. The highest BCUT2D eigenvalue weighted by atomic mass is 16.2. The maximum absolute atomic E-state index is 11.6. The zero-order valence-corrected chi connectivity index (χ0v) is 11.6. The van der Waals surface area contributed by atoms with Crippen LogP contribution < -0.4 is 16.0 Å². The van der Waals surface area contributed by atoms with Gasteiger partial charge in [0, 0.05) is 25.1 Å². The lowest BCUT2D eigenvalue weighted by Gasteiger charge is -2.23. The van der Waals surface area contributed by atoms with E-state index < -0.39 is 0 Å². The van der Waals surface area contributed by atoms with Crippen LogP contribution in [0.2, 0.25) is 0 Å². The first-order valence-electron chi connectivity index (χ1n) is 6.76. The Balaban J connectivity index is 2.33. The first-order chi connectivity index (χ1) is 9.11. The fourth-order valence-electron chi connectivity index (χ4n) is 2.20. The molecule has 0 radical (unpaired) electrons. The zero-order chi connectivity index (χ0) is 13.8. The lowest BCUT2D eigenvalue weighted by atomic mass is 10.2. The summed E-state index contributed by atoms with van der Waals surface area (Å²) in [5.74, 6) is 2.10. The molecule has 104 valence electrons. The molecular weight excluding hydrogens is 242 g/mol. The van der Waals surface area contributed by atoms with Crippen molar-refractivity contribution in [2.45, 2.75) is 33.1 Å². The first-order valence-corrected chi connectivity index (χ1v) is 6.76. The molecular formula is C13H21N5O. The average Bonchev–Trinajstić information content (AvgIpc) is 2.58. The van der Waals surface area contributed by atoms with Crippen LogP contribution in [0.4, 0.5) is 11.6 Å². The van der Waals surface area contributed by atoms with Crippen molar-refractivity contribution < 1.29 is 4.79 Å². The van der Waals surface area contributed by atoms with E-state index in [1.54, 1.807) is 0 Å². The van der Waals surface area contributed by atoms with Crippen LogP contribution in [0.25, 0.3) is 0 Å². The minimum Gasteiger partial charge on any atom is -0.383 e. The summed E-state index contributed by atoms with van der Waals surface area (Å²) < 4.78 is 0.